The number of hydrogen-bond donors (Lipinski definition) is 0. The predicted octanol–water partition coefficient (Wildman–Crippen LogP) is 4.11. The first-order valence-corrected chi connectivity index (χ1v) is 7.28. The van der Waals surface area contributed by atoms with Crippen molar-refractivity contribution in [2.24, 2.45) is 0 Å². The molecule has 0 bridgehead atoms. The van der Waals surface area contributed by atoms with Crippen LogP contribution < -0.4 is 5.56 Å². The molecule has 0 aliphatic heterocycles. The van der Waals surface area contributed by atoms with Gasteiger partial charge >= 0.3 is 0 Å². The van der Waals surface area contributed by atoms with Gasteiger partial charge in [0.15, 0.2) is 5.78 Å². The topological polar surface area (TPSA) is 39.1 Å². The number of aromatic nitrogens is 1. The van der Waals surface area contributed by atoms with Crippen molar-refractivity contribution < 1.29 is 4.79 Å². The van der Waals surface area contributed by atoms with E-state index in [0.29, 0.717) is 21.2 Å². The van der Waals surface area contributed by atoms with Crippen molar-refractivity contribution in [1.82, 2.24) is 4.57 Å². The van der Waals surface area contributed by atoms with E-state index in [1.807, 2.05) is 0 Å². The number of carbonyl (C=O) groups excluding carboxylic acids is 1. The Balaban J connectivity index is 2.38. The molecule has 0 saturated heterocycles. The predicted molar refractivity (Wildman–Crippen MR) is 83.9 cm³/mol. The quantitative estimate of drug-likeness (QED) is 0.758. The highest BCUT2D eigenvalue weighted by atomic mass is 79.9. The van der Waals surface area contributed by atoms with Crippen LogP contribution in [0.4, 0.5) is 0 Å². The molecule has 0 unspecified atom stereocenters. The first-order valence-electron chi connectivity index (χ1n) is 5.73. The molecule has 104 valence electrons. The standard InChI is InChI=1S/C14H10BrCl2NO2/c1-8-4-9(15)6-18(14(8)20)7-13(19)11-5-10(16)2-3-12(11)17/h2-6H,7H2,1H3. The molecular formula is C14H10BrCl2NO2. The van der Waals surface area contributed by atoms with Gasteiger partial charge in [0.1, 0.15) is 0 Å². The van der Waals surface area contributed by atoms with Crippen molar-refractivity contribution in [2.75, 3.05) is 0 Å². The molecule has 0 saturated carbocycles. The number of nitrogens with zero attached hydrogens (tertiary/aromatic N) is 1. The fraction of sp³-hybridized carbons (Fsp3) is 0.143. The maximum Gasteiger partial charge on any atom is 0.253 e. The summed E-state index contributed by atoms with van der Waals surface area (Å²) in [6.07, 6.45) is 1.58. The number of ketones is 1. The molecule has 0 fully saturated rings. The maximum atomic E-state index is 12.2. The lowest BCUT2D eigenvalue weighted by Gasteiger charge is -2.08. The summed E-state index contributed by atoms with van der Waals surface area (Å²) in [4.78, 5) is 24.2. The molecule has 2 aromatic rings. The zero-order valence-corrected chi connectivity index (χ0v) is 13.6. The largest absolute Gasteiger partial charge is 0.306 e. The number of carbonyl (C=O) groups is 1. The summed E-state index contributed by atoms with van der Waals surface area (Å²) in [5.41, 5.74) is 0.660. The summed E-state index contributed by atoms with van der Waals surface area (Å²) in [5, 5.41) is 0.745. The number of hydrogen-bond acceptors (Lipinski definition) is 2. The molecule has 2 rings (SSSR count). The lowest BCUT2D eigenvalue weighted by atomic mass is 10.1. The Bertz CT molecular complexity index is 740. The summed E-state index contributed by atoms with van der Waals surface area (Å²) in [6, 6.07) is 6.37. The van der Waals surface area contributed by atoms with E-state index in [1.165, 1.54) is 10.6 Å². The highest BCUT2D eigenvalue weighted by molar-refractivity contribution is 9.10. The third kappa shape index (κ3) is 3.32. The first kappa shape index (κ1) is 15.3. The monoisotopic (exact) mass is 373 g/mol. The molecule has 3 nitrogen and oxygen atoms in total. The van der Waals surface area contributed by atoms with Gasteiger partial charge in [-0.3, -0.25) is 9.59 Å². The molecule has 0 radical (unpaired) electrons. The van der Waals surface area contributed by atoms with Crippen LogP contribution >= 0.6 is 39.1 Å². The van der Waals surface area contributed by atoms with Gasteiger partial charge in [0.2, 0.25) is 0 Å². The third-order valence-electron chi connectivity index (χ3n) is 2.77. The van der Waals surface area contributed by atoms with E-state index in [2.05, 4.69) is 15.9 Å². The van der Waals surface area contributed by atoms with Crippen LogP contribution in [-0.2, 0) is 6.54 Å². The Morgan fingerprint density at radius 3 is 2.70 bits per heavy atom. The molecule has 1 heterocycles. The minimum Gasteiger partial charge on any atom is -0.306 e. The second-order valence-electron chi connectivity index (χ2n) is 4.32. The molecule has 1 aromatic heterocycles. The van der Waals surface area contributed by atoms with Crippen LogP contribution in [0, 0.1) is 6.92 Å². The zero-order chi connectivity index (χ0) is 14.9. The molecule has 20 heavy (non-hydrogen) atoms. The normalized spacial score (nSPS) is 10.6. The van der Waals surface area contributed by atoms with Crippen LogP contribution in [0.25, 0.3) is 0 Å². The number of halogens is 3. The Kier molecular flexibility index (Phi) is 4.68. The minimum absolute atomic E-state index is 0.0842. The van der Waals surface area contributed by atoms with Gasteiger partial charge in [0.25, 0.3) is 5.56 Å². The average Bonchev–Trinajstić information content (AvgIpc) is 2.38. The van der Waals surface area contributed by atoms with Crippen molar-refractivity contribution in [1.29, 1.82) is 0 Å². The van der Waals surface area contributed by atoms with Crippen LogP contribution in [-0.4, -0.2) is 10.4 Å². The third-order valence-corrected chi connectivity index (χ3v) is 3.77. The van der Waals surface area contributed by atoms with E-state index in [1.54, 1.807) is 31.3 Å². The number of benzene rings is 1. The molecule has 1 aromatic carbocycles. The first-order chi connectivity index (χ1) is 9.38. The summed E-state index contributed by atoms with van der Waals surface area (Å²) in [7, 11) is 0. The van der Waals surface area contributed by atoms with Crippen molar-refractivity contribution in [3.63, 3.8) is 0 Å². The number of pyridine rings is 1. The fourth-order valence-electron chi connectivity index (χ4n) is 1.81. The molecule has 0 atom stereocenters. The number of Topliss-reactive ketones (excluding diaryl/α,β-unsaturated/α-hetero) is 1. The second-order valence-corrected chi connectivity index (χ2v) is 6.08. The lowest BCUT2D eigenvalue weighted by Crippen LogP contribution is -2.25. The highest BCUT2D eigenvalue weighted by Gasteiger charge is 2.13. The Morgan fingerprint density at radius 2 is 2.00 bits per heavy atom. The maximum absolute atomic E-state index is 12.2. The van der Waals surface area contributed by atoms with Gasteiger partial charge in [-0.25, -0.2) is 0 Å². The van der Waals surface area contributed by atoms with Gasteiger partial charge < -0.3 is 4.57 Å². The summed E-state index contributed by atoms with van der Waals surface area (Å²) in [5.74, 6) is -0.267. The number of aryl methyl sites for hydroxylation is 1. The van der Waals surface area contributed by atoms with Gasteiger partial charge in [-0.1, -0.05) is 23.2 Å². The summed E-state index contributed by atoms with van der Waals surface area (Å²) in [6.45, 7) is 1.61. The SMILES string of the molecule is Cc1cc(Br)cn(CC(=O)c2cc(Cl)ccc2Cl)c1=O. The van der Waals surface area contributed by atoms with E-state index in [4.69, 9.17) is 23.2 Å². The smallest absolute Gasteiger partial charge is 0.253 e. The van der Waals surface area contributed by atoms with Crippen molar-refractivity contribution in [2.45, 2.75) is 13.5 Å². The van der Waals surface area contributed by atoms with Crippen LogP contribution in [0.2, 0.25) is 10.0 Å². The number of rotatable bonds is 3. The van der Waals surface area contributed by atoms with Gasteiger partial charge in [0.05, 0.1) is 11.6 Å². The van der Waals surface area contributed by atoms with Crippen LogP contribution in [0.5, 0.6) is 0 Å². The molecule has 0 spiro atoms. The fourth-order valence-corrected chi connectivity index (χ4v) is 2.79. The van der Waals surface area contributed by atoms with Crippen LogP contribution in [0.15, 0.2) is 39.7 Å². The second kappa shape index (κ2) is 6.12. The Hall–Kier alpha value is -1.10. The lowest BCUT2D eigenvalue weighted by molar-refractivity contribution is 0.0971. The van der Waals surface area contributed by atoms with Gasteiger partial charge in [-0.15, -0.1) is 0 Å². The highest BCUT2D eigenvalue weighted by Crippen LogP contribution is 2.21. The van der Waals surface area contributed by atoms with E-state index in [0.717, 1.165) is 4.47 Å². The molecule has 0 N–H and O–H groups in total. The molecule has 0 aliphatic carbocycles. The Labute approximate surface area is 134 Å². The van der Waals surface area contributed by atoms with Crippen molar-refractivity contribution in [3.8, 4) is 0 Å². The molecule has 0 aliphatic rings. The molecule has 0 amide bonds. The van der Waals surface area contributed by atoms with Crippen LogP contribution in [0.1, 0.15) is 15.9 Å². The summed E-state index contributed by atoms with van der Waals surface area (Å²) < 4.78 is 2.08. The zero-order valence-electron chi connectivity index (χ0n) is 10.5. The van der Waals surface area contributed by atoms with E-state index in [9.17, 15) is 9.59 Å². The van der Waals surface area contributed by atoms with E-state index < -0.39 is 0 Å². The van der Waals surface area contributed by atoms with Crippen molar-refractivity contribution >= 4 is 44.9 Å². The van der Waals surface area contributed by atoms with E-state index >= 15 is 0 Å². The van der Waals surface area contributed by atoms with Gasteiger partial charge in [-0.2, -0.15) is 0 Å². The Morgan fingerprint density at radius 1 is 1.30 bits per heavy atom. The van der Waals surface area contributed by atoms with Gasteiger partial charge in [-0.05, 0) is 47.1 Å². The van der Waals surface area contributed by atoms with Crippen molar-refractivity contribution in [3.05, 3.63) is 66.5 Å². The minimum atomic E-state index is -0.267. The van der Waals surface area contributed by atoms with Crippen LogP contribution in [0.3, 0.4) is 0 Å². The average molecular weight is 375 g/mol. The summed E-state index contributed by atoms with van der Waals surface area (Å²) >= 11 is 15.1. The molecule has 6 heteroatoms. The van der Waals surface area contributed by atoms with E-state index in [-0.39, 0.29) is 17.9 Å². The molecular weight excluding hydrogens is 365 g/mol. The van der Waals surface area contributed by atoms with Gasteiger partial charge in [0, 0.05) is 26.8 Å².